The van der Waals surface area contributed by atoms with Crippen molar-refractivity contribution >= 4 is 33.1 Å². The average molecular weight is 464 g/mol. The van der Waals surface area contributed by atoms with Crippen LogP contribution in [-0.2, 0) is 17.3 Å². The Morgan fingerprint density at radius 1 is 1.19 bits per heavy atom. The molecule has 0 bridgehead atoms. The van der Waals surface area contributed by atoms with Crippen LogP contribution >= 0.6 is 0 Å². The van der Waals surface area contributed by atoms with Gasteiger partial charge in [-0.3, -0.25) is 4.21 Å². The van der Waals surface area contributed by atoms with Gasteiger partial charge in [0.1, 0.15) is 12.3 Å². The highest BCUT2D eigenvalue weighted by molar-refractivity contribution is 7.84. The second-order valence-electron chi connectivity index (χ2n) is 7.31. The van der Waals surface area contributed by atoms with Crippen LogP contribution in [0.15, 0.2) is 47.4 Å². The van der Waals surface area contributed by atoms with Gasteiger partial charge in [0.2, 0.25) is 0 Å². The predicted octanol–water partition coefficient (Wildman–Crippen LogP) is 4.48. The number of aromatic nitrogens is 1. The van der Waals surface area contributed by atoms with Crippen molar-refractivity contribution in [1.29, 1.82) is 0 Å². The van der Waals surface area contributed by atoms with E-state index in [1.165, 1.54) is 11.7 Å². The molecule has 2 aromatic carbocycles. The Bertz CT molecular complexity index is 1210. The molecule has 1 heterocycles. The number of methoxy groups -OCH3 is 1. The van der Waals surface area contributed by atoms with E-state index in [-0.39, 0.29) is 12.2 Å². The minimum Gasteiger partial charge on any atom is -0.495 e. The molecule has 1 unspecified atom stereocenters. The molecule has 0 amide bonds. The number of rotatable bonds is 6. The number of hydrogen-bond donors (Lipinski definition) is 1. The fourth-order valence-electron chi connectivity index (χ4n) is 3.38. The largest absolute Gasteiger partial charge is 0.495 e. The number of nitrogens with zero attached hydrogens (tertiary/aromatic N) is 2. The van der Waals surface area contributed by atoms with Crippen LogP contribution < -0.4 is 15.0 Å². The summed E-state index contributed by atoms with van der Waals surface area (Å²) in [6, 6.07) is 12.1. The quantitative estimate of drug-likeness (QED) is 0.548. The van der Waals surface area contributed by atoms with Gasteiger partial charge in [-0.05, 0) is 42.3 Å². The number of fused-ring (bicyclic) bond motifs is 1. The summed E-state index contributed by atoms with van der Waals surface area (Å²) in [7, 11) is 4.06. The van der Waals surface area contributed by atoms with Crippen LogP contribution in [0.2, 0.25) is 0 Å². The highest BCUT2D eigenvalue weighted by Gasteiger charge is 2.30. The van der Waals surface area contributed by atoms with E-state index < -0.39 is 23.5 Å². The Kier molecular flexibility index (Phi) is 7.04. The highest BCUT2D eigenvalue weighted by atomic mass is 32.2. The zero-order chi connectivity index (χ0) is 23.5. The van der Waals surface area contributed by atoms with Crippen LogP contribution in [0.25, 0.3) is 10.9 Å². The fraction of sp³-hybridized carbons (Fsp3) is 0.304. The lowest BCUT2D eigenvalue weighted by atomic mass is 10.2. The van der Waals surface area contributed by atoms with Crippen LogP contribution in [0.1, 0.15) is 5.69 Å². The van der Waals surface area contributed by atoms with E-state index in [2.05, 4.69) is 17.2 Å². The van der Waals surface area contributed by atoms with Gasteiger partial charge in [0.15, 0.2) is 0 Å². The van der Waals surface area contributed by atoms with Crippen LogP contribution in [0, 0.1) is 11.8 Å². The molecule has 9 heteroatoms. The number of halogens is 3. The number of anilines is 2. The Hall–Kier alpha value is -3.12. The Morgan fingerprint density at radius 3 is 2.56 bits per heavy atom. The first-order valence-electron chi connectivity index (χ1n) is 9.71. The maximum Gasteiger partial charge on any atom is 0.406 e. The molecular weight excluding hydrogens is 439 g/mol. The molecule has 0 fully saturated rings. The van der Waals surface area contributed by atoms with Crippen LogP contribution in [0.4, 0.5) is 24.5 Å². The van der Waals surface area contributed by atoms with Crippen LogP contribution in [0.5, 0.6) is 5.75 Å². The average Bonchev–Trinajstić information content (AvgIpc) is 3.06. The first-order chi connectivity index (χ1) is 15.1. The zero-order valence-electron chi connectivity index (χ0n) is 18.2. The van der Waals surface area contributed by atoms with Crippen molar-refractivity contribution in [3.05, 3.63) is 48.2 Å². The third kappa shape index (κ3) is 5.37. The summed E-state index contributed by atoms with van der Waals surface area (Å²) < 4.78 is 57.9. The third-order valence-electron chi connectivity index (χ3n) is 4.83. The molecule has 0 saturated heterocycles. The topological polar surface area (TPSA) is 46.5 Å². The standard InChI is InChI=1S/C23H24F3N3O2S/c1-28(2)20-8-5-9-21-18(20)13-16(29(21)15-23(24,25)26)7-6-12-27-19-11-10-17(32(4)30)14-22(19)31-3/h5,8-11,13-14,27H,12,15H2,1-4H3. The normalized spacial score (nSPS) is 12.2. The number of benzene rings is 2. The lowest BCUT2D eigenvalue weighted by molar-refractivity contribution is -0.140. The highest BCUT2D eigenvalue weighted by Crippen LogP contribution is 2.31. The number of ether oxygens (including phenoxy) is 1. The second kappa shape index (κ2) is 9.57. The van der Waals surface area contributed by atoms with Gasteiger partial charge in [-0.15, -0.1) is 0 Å². The summed E-state index contributed by atoms with van der Waals surface area (Å²) in [4.78, 5) is 2.49. The monoisotopic (exact) mass is 463 g/mol. The van der Waals surface area contributed by atoms with Crippen molar-refractivity contribution < 1.29 is 22.1 Å². The van der Waals surface area contributed by atoms with E-state index in [4.69, 9.17) is 4.74 Å². The van der Waals surface area contributed by atoms with Crippen LogP contribution in [-0.4, -0.2) is 49.0 Å². The van der Waals surface area contributed by atoms with Crippen molar-refractivity contribution in [3.8, 4) is 17.6 Å². The van der Waals surface area contributed by atoms with Crippen molar-refractivity contribution in [1.82, 2.24) is 4.57 Å². The molecule has 0 aliphatic heterocycles. The van der Waals surface area contributed by atoms with E-state index in [0.29, 0.717) is 27.2 Å². The molecule has 1 N–H and O–H groups in total. The van der Waals surface area contributed by atoms with Crippen molar-refractivity contribution in [3.63, 3.8) is 0 Å². The summed E-state index contributed by atoms with van der Waals surface area (Å²) in [5.41, 5.74) is 2.25. The Balaban J connectivity index is 1.90. The first kappa shape index (κ1) is 23.5. The summed E-state index contributed by atoms with van der Waals surface area (Å²) in [5, 5.41) is 3.81. The maximum atomic E-state index is 13.2. The van der Waals surface area contributed by atoms with Gasteiger partial charge in [0.05, 0.1) is 30.6 Å². The van der Waals surface area contributed by atoms with Crippen molar-refractivity contribution in [2.75, 3.05) is 44.2 Å². The maximum absolute atomic E-state index is 13.2. The van der Waals surface area contributed by atoms with Gasteiger partial charge in [-0.1, -0.05) is 12.0 Å². The molecule has 0 radical (unpaired) electrons. The Labute approximate surface area is 187 Å². The molecular formula is C23H24F3N3O2S. The fourth-order valence-corrected chi connectivity index (χ4v) is 3.92. The molecule has 0 saturated carbocycles. The van der Waals surface area contributed by atoms with E-state index in [1.54, 1.807) is 42.7 Å². The predicted molar refractivity (Wildman–Crippen MR) is 123 cm³/mol. The SMILES string of the molecule is COc1cc(S(C)=O)ccc1NCC#Cc1cc2c(N(C)C)cccc2n1CC(F)(F)F. The lowest BCUT2D eigenvalue weighted by Crippen LogP contribution is -2.18. The number of nitrogens with one attached hydrogen (secondary N) is 1. The molecule has 1 atom stereocenters. The minimum atomic E-state index is -4.37. The second-order valence-corrected chi connectivity index (χ2v) is 8.69. The molecule has 3 rings (SSSR count). The van der Waals surface area contributed by atoms with Gasteiger partial charge >= 0.3 is 6.18 Å². The molecule has 170 valence electrons. The van der Waals surface area contributed by atoms with E-state index in [1.807, 2.05) is 25.1 Å². The van der Waals surface area contributed by atoms with E-state index in [9.17, 15) is 17.4 Å². The third-order valence-corrected chi connectivity index (χ3v) is 5.75. The van der Waals surface area contributed by atoms with Crippen LogP contribution in [0.3, 0.4) is 0 Å². The number of alkyl halides is 3. The van der Waals surface area contributed by atoms with Gasteiger partial charge in [0.25, 0.3) is 0 Å². The van der Waals surface area contributed by atoms with E-state index in [0.717, 1.165) is 5.69 Å². The Morgan fingerprint density at radius 2 is 1.94 bits per heavy atom. The van der Waals surface area contributed by atoms with Crippen molar-refractivity contribution in [2.45, 2.75) is 17.6 Å². The molecule has 1 aromatic heterocycles. The first-order valence-corrected chi connectivity index (χ1v) is 11.3. The van der Waals surface area contributed by atoms with Crippen molar-refractivity contribution in [2.24, 2.45) is 0 Å². The summed E-state index contributed by atoms with van der Waals surface area (Å²) in [6.07, 6.45) is -2.79. The molecule has 0 spiro atoms. The zero-order valence-corrected chi connectivity index (χ0v) is 19.0. The molecule has 3 aromatic rings. The molecule has 0 aliphatic rings. The summed E-state index contributed by atoms with van der Waals surface area (Å²) >= 11 is 0. The lowest BCUT2D eigenvalue weighted by Gasteiger charge is -2.15. The van der Waals surface area contributed by atoms with E-state index >= 15 is 0 Å². The summed E-state index contributed by atoms with van der Waals surface area (Å²) in [5.74, 6) is 6.28. The van der Waals surface area contributed by atoms with Gasteiger partial charge < -0.3 is 19.5 Å². The van der Waals surface area contributed by atoms with Gasteiger partial charge in [-0.25, -0.2) is 0 Å². The van der Waals surface area contributed by atoms with Gasteiger partial charge in [-0.2, -0.15) is 13.2 Å². The summed E-state index contributed by atoms with van der Waals surface area (Å²) in [6.45, 7) is -0.923. The molecule has 0 aliphatic carbocycles. The van der Waals surface area contributed by atoms with Gasteiger partial charge in [0, 0.05) is 47.1 Å². The molecule has 5 nitrogen and oxygen atoms in total. The minimum absolute atomic E-state index is 0.193. The smallest absolute Gasteiger partial charge is 0.406 e. The number of hydrogen-bond acceptors (Lipinski definition) is 4. The molecule has 32 heavy (non-hydrogen) atoms.